The van der Waals surface area contributed by atoms with Crippen LogP contribution in [0.4, 0.5) is 4.39 Å². The molecule has 0 fully saturated rings. The van der Waals surface area contributed by atoms with Crippen LogP contribution in [0.5, 0.6) is 11.5 Å². The van der Waals surface area contributed by atoms with E-state index in [1.165, 1.54) is 6.92 Å². The van der Waals surface area contributed by atoms with Crippen LogP contribution in [0.25, 0.3) is 0 Å². The third kappa shape index (κ3) is 4.72. The van der Waals surface area contributed by atoms with E-state index < -0.39 is 11.8 Å². The fourth-order valence-electron chi connectivity index (χ4n) is 2.99. The fourth-order valence-corrected chi connectivity index (χ4v) is 3.55. The van der Waals surface area contributed by atoms with Gasteiger partial charge in [0.05, 0.1) is 11.8 Å². The van der Waals surface area contributed by atoms with E-state index in [0.717, 1.165) is 5.56 Å². The number of esters is 1. The van der Waals surface area contributed by atoms with Gasteiger partial charge in [0.1, 0.15) is 29.5 Å². The summed E-state index contributed by atoms with van der Waals surface area (Å²) in [7, 11) is 0. The molecule has 29 heavy (non-hydrogen) atoms. The molecule has 6 heteroatoms. The molecule has 3 aromatic rings. The maximum atomic E-state index is 14.9. The Balaban J connectivity index is 2.06. The summed E-state index contributed by atoms with van der Waals surface area (Å²) in [6.07, 6.45) is 0. The average Bonchev–Trinajstić information content (AvgIpc) is 2.75. The molecule has 0 unspecified atom stereocenters. The van der Waals surface area contributed by atoms with E-state index in [4.69, 9.17) is 32.7 Å². The average molecular weight is 433 g/mol. The number of halogens is 3. The number of ether oxygens (including phenoxy) is 2. The predicted molar refractivity (Wildman–Crippen MR) is 112 cm³/mol. The van der Waals surface area contributed by atoms with Crippen molar-refractivity contribution in [3.63, 3.8) is 0 Å². The molecule has 0 spiro atoms. The van der Waals surface area contributed by atoms with Crippen LogP contribution in [-0.2, 0) is 18.4 Å². The highest BCUT2D eigenvalue weighted by Gasteiger charge is 2.28. The molecule has 0 radical (unpaired) electrons. The Hall–Kier alpha value is -2.56. The van der Waals surface area contributed by atoms with Crippen LogP contribution in [-0.4, -0.2) is 5.97 Å². The van der Waals surface area contributed by atoms with Crippen LogP contribution in [0.1, 0.15) is 32.6 Å². The highest BCUT2D eigenvalue weighted by molar-refractivity contribution is 6.19. The molecule has 0 aliphatic rings. The van der Waals surface area contributed by atoms with Gasteiger partial charge in [0.2, 0.25) is 0 Å². The van der Waals surface area contributed by atoms with Crippen molar-refractivity contribution in [1.82, 2.24) is 0 Å². The predicted octanol–water partition coefficient (Wildman–Crippen LogP) is 6.41. The van der Waals surface area contributed by atoms with Gasteiger partial charge >= 0.3 is 5.97 Å². The van der Waals surface area contributed by atoms with Gasteiger partial charge in [-0.3, -0.25) is 0 Å². The van der Waals surface area contributed by atoms with Crippen molar-refractivity contribution >= 4 is 29.2 Å². The Labute approximate surface area is 179 Å². The van der Waals surface area contributed by atoms with Crippen molar-refractivity contribution in [3.05, 3.63) is 94.3 Å². The monoisotopic (exact) mass is 432 g/mol. The van der Waals surface area contributed by atoms with Gasteiger partial charge in [-0.2, -0.15) is 0 Å². The van der Waals surface area contributed by atoms with Crippen molar-refractivity contribution in [3.8, 4) is 11.5 Å². The zero-order valence-corrected chi connectivity index (χ0v) is 17.3. The van der Waals surface area contributed by atoms with E-state index in [9.17, 15) is 9.18 Å². The van der Waals surface area contributed by atoms with Crippen molar-refractivity contribution in [2.24, 2.45) is 0 Å². The van der Waals surface area contributed by atoms with Crippen LogP contribution in [0.3, 0.4) is 0 Å². The van der Waals surface area contributed by atoms with Crippen LogP contribution in [0.2, 0.25) is 0 Å². The Bertz CT molecular complexity index is 992. The molecule has 0 bridgehead atoms. The first-order chi connectivity index (χ1) is 14.1. The number of carbonyl (C=O) groups is 1. The first kappa shape index (κ1) is 21.2. The van der Waals surface area contributed by atoms with Crippen molar-refractivity contribution in [2.75, 3.05) is 0 Å². The van der Waals surface area contributed by atoms with Crippen LogP contribution < -0.4 is 9.47 Å². The van der Waals surface area contributed by atoms with E-state index in [-0.39, 0.29) is 40.8 Å². The largest absolute Gasteiger partial charge is 0.488 e. The minimum atomic E-state index is -0.719. The third-order valence-electron chi connectivity index (χ3n) is 4.49. The topological polar surface area (TPSA) is 35.5 Å². The van der Waals surface area contributed by atoms with E-state index in [1.54, 1.807) is 30.3 Å². The summed E-state index contributed by atoms with van der Waals surface area (Å²) < 4.78 is 26.4. The van der Waals surface area contributed by atoms with Gasteiger partial charge in [-0.1, -0.05) is 48.5 Å². The molecule has 0 saturated carbocycles. The standard InChI is InChI=1S/C23H19Cl2FO3/c1-15-20(23(27)29-17-10-6-3-7-11-17)22(19(13-25)18(12-24)21(15)26)28-14-16-8-4-2-5-9-16/h2-11H,12-14H2,1H3. The van der Waals surface area contributed by atoms with E-state index in [0.29, 0.717) is 11.3 Å². The second-order valence-electron chi connectivity index (χ2n) is 6.34. The second kappa shape index (κ2) is 9.77. The summed E-state index contributed by atoms with van der Waals surface area (Å²) in [4.78, 5) is 12.9. The first-order valence-electron chi connectivity index (χ1n) is 8.96. The van der Waals surface area contributed by atoms with Gasteiger partial charge in [-0.15, -0.1) is 23.2 Å². The number of hydrogen-bond donors (Lipinski definition) is 0. The van der Waals surface area contributed by atoms with Crippen molar-refractivity contribution < 1.29 is 18.7 Å². The summed E-state index contributed by atoms with van der Waals surface area (Å²) in [5, 5.41) is 0. The second-order valence-corrected chi connectivity index (χ2v) is 6.88. The normalized spacial score (nSPS) is 10.6. The van der Waals surface area contributed by atoms with Gasteiger partial charge < -0.3 is 9.47 Å². The number of para-hydroxylation sites is 1. The highest BCUT2D eigenvalue weighted by Crippen LogP contribution is 2.36. The van der Waals surface area contributed by atoms with Gasteiger partial charge in [-0.25, -0.2) is 9.18 Å². The number of hydrogen-bond acceptors (Lipinski definition) is 3. The Morgan fingerprint density at radius 1 is 0.931 bits per heavy atom. The van der Waals surface area contributed by atoms with E-state index in [1.807, 2.05) is 30.3 Å². The smallest absolute Gasteiger partial charge is 0.347 e. The summed E-state index contributed by atoms with van der Waals surface area (Å²) >= 11 is 12.1. The molecule has 0 N–H and O–H groups in total. The maximum absolute atomic E-state index is 14.9. The molecule has 0 atom stereocenters. The SMILES string of the molecule is Cc1c(F)c(CCl)c(CCl)c(OCc2ccccc2)c1C(=O)Oc1ccccc1. The van der Waals surface area contributed by atoms with Gasteiger partial charge in [0.15, 0.2) is 0 Å². The van der Waals surface area contributed by atoms with Gasteiger partial charge in [0, 0.05) is 16.7 Å². The molecular formula is C23H19Cl2FO3. The van der Waals surface area contributed by atoms with Gasteiger partial charge in [0.25, 0.3) is 0 Å². The Kier molecular flexibility index (Phi) is 7.13. The molecular weight excluding hydrogens is 414 g/mol. The third-order valence-corrected chi connectivity index (χ3v) is 5.02. The number of carbonyl (C=O) groups excluding carboxylic acids is 1. The fraction of sp³-hybridized carbons (Fsp3) is 0.174. The molecule has 0 amide bonds. The zero-order valence-electron chi connectivity index (χ0n) is 15.8. The van der Waals surface area contributed by atoms with Crippen LogP contribution in [0.15, 0.2) is 60.7 Å². The molecule has 0 saturated heterocycles. The van der Waals surface area contributed by atoms with Crippen molar-refractivity contribution in [2.45, 2.75) is 25.3 Å². The van der Waals surface area contributed by atoms with Crippen molar-refractivity contribution in [1.29, 1.82) is 0 Å². The molecule has 0 aromatic heterocycles. The molecule has 3 aromatic carbocycles. The lowest BCUT2D eigenvalue weighted by Crippen LogP contribution is -2.17. The highest BCUT2D eigenvalue weighted by atomic mass is 35.5. The van der Waals surface area contributed by atoms with E-state index in [2.05, 4.69) is 0 Å². The number of benzene rings is 3. The molecule has 0 heterocycles. The lowest BCUT2D eigenvalue weighted by Gasteiger charge is -2.20. The quantitative estimate of drug-likeness (QED) is 0.245. The first-order valence-corrected chi connectivity index (χ1v) is 10.0. The van der Waals surface area contributed by atoms with Crippen LogP contribution >= 0.6 is 23.2 Å². The molecule has 0 aliphatic carbocycles. The molecule has 0 aliphatic heterocycles. The molecule has 3 nitrogen and oxygen atoms in total. The summed E-state index contributed by atoms with van der Waals surface area (Å²) in [5.41, 5.74) is 1.58. The summed E-state index contributed by atoms with van der Waals surface area (Å²) in [6, 6.07) is 18.0. The van der Waals surface area contributed by atoms with Gasteiger partial charge in [-0.05, 0) is 24.6 Å². The number of rotatable bonds is 7. The number of alkyl halides is 2. The lowest BCUT2D eigenvalue weighted by atomic mass is 9.97. The maximum Gasteiger partial charge on any atom is 0.347 e. The van der Waals surface area contributed by atoms with Crippen LogP contribution in [0, 0.1) is 12.7 Å². The molecule has 3 rings (SSSR count). The minimum Gasteiger partial charge on any atom is -0.488 e. The zero-order chi connectivity index (χ0) is 20.8. The lowest BCUT2D eigenvalue weighted by molar-refractivity contribution is 0.0728. The molecule has 150 valence electrons. The Morgan fingerprint density at radius 3 is 2.10 bits per heavy atom. The summed E-state index contributed by atoms with van der Waals surface area (Å²) in [5.74, 6) is -0.912. The summed E-state index contributed by atoms with van der Waals surface area (Å²) in [6.45, 7) is 1.68. The minimum absolute atomic E-state index is 0.00630. The van der Waals surface area contributed by atoms with E-state index >= 15 is 0 Å². The Morgan fingerprint density at radius 2 is 1.52 bits per heavy atom.